The largest absolute Gasteiger partial charge is 0.361 e. The molecule has 1 heterocycles. The van der Waals surface area contributed by atoms with Gasteiger partial charge in [-0.2, -0.15) is 4.91 Å². The van der Waals surface area contributed by atoms with Crippen molar-refractivity contribution in [3.8, 4) is 0 Å². The third-order valence-corrected chi connectivity index (χ3v) is 1.87. The lowest BCUT2D eigenvalue weighted by atomic mass is 10.2. The lowest BCUT2D eigenvalue weighted by Crippen LogP contribution is -1.79. The Kier molecular flexibility index (Phi) is 1.63. The average molecular weight is 160 g/mol. The zero-order chi connectivity index (χ0) is 8.39. The first kappa shape index (κ1) is 7.03. The fourth-order valence-electron chi connectivity index (χ4n) is 1.27. The summed E-state index contributed by atoms with van der Waals surface area (Å²) in [7, 11) is 0. The zero-order valence-corrected chi connectivity index (χ0v) is 6.45. The molecular weight excluding hydrogens is 152 g/mol. The maximum atomic E-state index is 9.99. The highest BCUT2D eigenvalue weighted by Crippen LogP contribution is 2.14. The normalized spacial score (nSPS) is 10.3. The third-order valence-electron chi connectivity index (χ3n) is 1.87. The average Bonchev–Trinajstić information content (AvgIpc) is 2.51. The van der Waals surface area contributed by atoms with Crippen molar-refractivity contribution in [1.82, 2.24) is 4.98 Å². The Morgan fingerprint density at radius 2 is 2.25 bits per heavy atom. The van der Waals surface area contributed by atoms with E-state index in [1.165, 1.54) is 0 Å². The van der Waals surface area contributed by atoms with Crippen LogP contribution in [0, 0.1) is 4.91 Å². The van der Waals surface area contributed by atoms with Crippen molar-refractivity contribution in [2.45, 2.75) is 6.54 Å². The summed E-state index contributed by atoms with van der Waals surface area (Å²) < 4.78 is 0. The molecule has 0 aliphatic carbocycles. The molecule has 1 aromatic carbocycles. The molecule has 1 N–H and O–H groups in total. The van der Waals surface area contributed by atoms with Crippen molar-refractivity contribution in [2.24, 2.45) is 5.18 Å². The number of nitroso groups, excluding NO2 is 1. The first-order valence-corrected chi connectivity index (χ1v) is 3.75. The molecule has 0 radical (unpaired) electrons. The summed E-state index contributed by atoms with van der Waals surface area (Å²) in [5, 5.41) is 3.99. The first-order chi connectivity index (χ1) is 5.90. The van der Waals surface area contributed by atoms with Gasteiger partial charge in [0.25, 0.3) is 0 Å². The van der Waals surface area contributed by atoms with Crippen molar-refractivity contribution in [2.75, 3.05) is 0 Å². The predicted octanol–water partition coefficient (Wildman–Crippen LogP) is 2.43. The quantitative estimate of drug-likeness (QED) is 0.674. The van der Waals surface area contributed by atoms with Crippen molar-refractivity contribution >= 4 is 10.9 Å². The van der Waals surface area contributed by atoms with Crippen molar-refractivity contribution in [1.29, 1.82) is 0 Å². The molecule has 0 unspecified atom stereocenters. The number of H-pyrrole nitrogens is 1. The van der Waals surface area contributed by atoms with E-state index in [4.69, 9.17) is 0 Å². The number of hydrogen-bond acceptors (Lipinski definition) is 2. The molecular formula is C9H8N2O. The molecule has 1 aromatic heterocycles. The molecule has 0 atom stereocenters. The van der Waals surface area contributed by atoms with Crippen LogP contribution < -0.4 is 0 Å². The highest BCUT2D eigenvalue weighted by molar-refractivity contribution is 5.79. The highest BCUT2D eigenvalue weighted by atomic mass is 16.3. The minimum absolute atomic E-state index is 0.245. The number of nitrogens with zero attached hydrogens (tertiary/aromatic N) is 1. The lowest BCUT2D eigenvalue weighted by molar-refractivity contribution is 1.06. The van der Waals surface area contributed by atoms with Crippen LogP contribution in [-0.4, -0.2) is 4.98 Å². The number of rotatable bonds is 2. The number of fused-ring (bicyclic) bond motifs is 1. The molecule has 0 spiro atoms. The van der Waals surface area contributed by atoms with Gasteiger partial charge in [-0.3, -0.25) is 0 Å². The Morgan fingerprint density at radius 1 is 1.33 bits per heavy atom. The number of hydrogen-bond donors (Lipinski definition) is 1. The van der Waals surface area contributed by atoms with Gasteiger partial charge in [0.1, 0.15) is 6.54 Å². The van der Waals surface area contributed by atoms with Crippen LogP contribution in [0.25, 0.3) is 10.9 Å². The summed E-state index contributed by atoms with van der Waals surface area (Å²) in [5.41, 5.74) is 2.00. The molecule has 60 valence electrons. The molecule has 0 bridgehead atoms. The summed E-state index contributed by atoms with van der Waals surface area (Å²) >= 11 is 0. The van der Waals surface area contributed by atoms with Gasteiger partial charge in [0.2, 0.25) is 0 Å². The topological polar surface area (TPSA) is 45.2 Å². The minimum Gasteiger partial charge on any atom is -0.361 e. The summed E-state index contributed by atoms with van der Waals surface area (Å²) in [6.07, 6.45) is 1.88. The van der Waals surface area contributed by atoms with E-state index in [2.05, 4.69) is 10.2 Å². The van der Waals surface area contributed by atoms with E-state index in [-0.39, 0.29) is 6.54 Å². The fraction of sp³-hybridized carbons (Fsp3) is 0.111. The van der Waals surface area contributed by atoms with E-state index in [0.29, 0.717) is 0 Å². The van der Waals surface area contributed by atoms with Crippen LogP contribution in [0.4, 0.5) is 0 Å². The van der Waals surface area contributed by atoms with Gasteiger partial charge >= 0.3 is 0 Å². The van der Waals surface area contributed by atoms with Crippen molar-refractivity contribution in [3.63, 3.8) is 0 Å². The second-order valence-electron chi connectivity index (χ2n) is 2.69. The minimum atomic E-state index is 0.245. The summed E-state index contributed by atoms with van der Waals surface area (Å²) in [5.74, 6) is 0. The standard InChI is InChI=1S/C9H8N2O/c12-11-6-7-1-2-8-3-4-10-9(8)5-7/h1-5,10H,6H2. The van der Waals surface area contributed by atoms with Gasteiger partial charge < -0.3 is 4.98 Å². The summed E-state index contributed by atoms with van der Waals surface area (Å²) in [4.78, 5) is 13.1. The molecule has 2 rings (SSSR count). The van der Waals surface area contributed by atoms with Gasteiger partial charge in [0, 0.05) is 11.7 Å². The third kappa shape index (κ3) is 1.09. The molecule has 2 aromatic rings. The van der Waals surface area contributed by atoms with Crippen LogP contribution in [0.3, 0.4) is 0 Å². The van der Waals surface area contributed by atoms with E-state index in [0.717, 1.165) is 16.5 Å². The maximum absolute atomic E-state index is 9.99. The van der Waals surface area contributed by atoms with Gasteiger partial charge in [0.15, 0.2) is 0 Å². The number of aromatic nitrogens is 1. The SMILES string of the molecule is O=NCc1ccc2cc[nH]c2c1. The van der Waals surface area contributed by atoms with Gasteiger partial charge in [-0.15, -0.1) is 0 Å². The Bertz CT molecular complexity index is 406. The van der Waals surface area contributed by atoms with Gasteiger partial charge in [-0.25, -0.2) is 0 Å². The van der Waals surface area contributed by atoms with Crippen LogP contribution in [0.5, 0.6) is 0 Å². The summed E-state index contributed by atoms with van der Waals surface area (Å²) in [6, 6.07) is 7.83. The van der Waals surface area contributed by atoms with Crippen LogP contribution >= 0.6 is 0 Å². The van der Waals surface area contributed by atoms with Crippen LogP contribution in [0.15, 0.2) is 35.6 Å². The van der Waals surface area contributed by atoms with E-state index in [9.17, 15) is 4.91 Å². The van der Waals surface area contributed by atoms with Crippen LogP contribution in [-0.2, 0) is 6.54 Å². The monoisotopic (exact) mass is 160 g/mol. The molecule has 0 aliphatic heterocycles. The Labute approximate surface area is 69.4 Å². The van der Waals surface area contributed by atoms with Gasteiger partial charge in [-0.05, 0) is 23.1 Å². The molecule has 0 saturated carbocycles. The molecule has 0 saturated heterocycles. The molecule has 12 heavy (non-hydrogen) atoms. The summed E-state index contributed by atoms with van der Waals surface area (Å²) in [6.45, 7) is 0.245. The molecule has 0 fully saturated rings. The maximum Gasteiger partial charge on any atom is 0.106 e. The van der Waals surface area contributed by atoms with Gasteiger partial charge in [-0.1, -0.05) is 17.3 Å². The van der Waals surface area contributed by atoms with E-state index < -0.39 is 0 Å². The Balaban J connectivity index is 2.52. The van der Waals surface area contributed by atoms with E-state index >= 15 is 0 Å². The van der Waals surface area contributed by atoms with Gasteiger partial charge in [0.05, 0.1) is 0 Å². The first-order valence-electron chi connectivity index (χ1n) is 3.75. The smallest absolute Gasteiger partial charge is 0.106 e. The second kappa shape index (κ2) is 2.77. The Morgan fingerprint density at radius 3 is 3.08 bits per heavy atom. The fourth-order valence-corrected chi connectivity index (χ4v) is 1.27. The predicted molar refractivity (Wildman–Crippen MR) is 47.8 cm³/mol. The number of nitrogens with one attached hydrogen (secondary N) is 1. The van der Waals surface area contributed by atoms with Crippen LogP contribution in [0.1, 0.15) is 5.56 Å². The molecule has 3 nitrogen and oxygen atoms in total. The number of aromatic amines is 1. The van der Waals surface area contributed by atoms with E-state index in [1.54, 1.807) is 0 Å². The molecule has 0 aliphatic rings. The van der Waals surface area contributed by atoms with E-state index in [1.807, 2.05) is 30.5 Å². The zero-order valence-electron chi connectivity index (χ0n) is 6.45. The number of benzene rings is 1. The lowest BCUT2D eigenvalue weighted by Gasteiger charge is -1.93. The highest BCUT2D eigenvalue weighted by Gasteiger charge is 1.95. The van der Waals surface area contributed by atoms with Crippen LogP contribution in [0.2, 0.25) is 0 Å². The second-order valence-corrected chi connectivity index (χ2v) is 2.69. The molecule has 0 amide bonds. The van der Waals surface area contributed by atoms with Crippen molar-refractivity contribution < 1.29 is 0 Å². The van der Waals surface area contributed by atoms with Crippen molar-refractivity contribution in [3.05, 3.63) is 40.9 Å². The molecule has 3 heteroatoms. The Hall–Kier alpha value is -1.64.